The van der Waals surface area contributed by atoms with E-state index in [-0.39, 0.29) is 24.0 Å². The van der Waals surface area contributed by atoms with Crippen molar-refractivity contribution in [1.29, 1.82) is 0 Å². The maximum Gasteiger partial charge on any atom is 0.260 e. The predicted molar refractivity (Wildman–Crippen MR) is 111 cm³/mol. The average Bonchev–Trinajstić information content (AvgIpc) is 3.30. The number of carbonyl (C=O) groups excluding carboxylic acids is 2. The van der Waals surface area contributed by atoms with Gasteiger partial charge in [-0.2, -0.15) is 0 Å². The Hall–Kier alpha value is -2.80. The van der Waals surface area contributed by atoms with Crippen LogP contribution >= 0.6 is 0 Å². The molecule has 1 spiro atoms. The van der Waals surface area contributed by atoms with Crippen molar-refractivity contribution in [3.63, 3.8) is 0 Å². The van der Waals surface area contributed by atoms with Crippen molar-refractivity contribution >= 4 is 11.8 Å². The Balaban J connectivity index is 1.32. The van der Waals surface area contributed by atoms with Crippen molar-refractivity contribution in [2.24, 2.45) is 0 Å². The third-order valence-corrected chi connectivity index (χ3v) is 6.24. The van der Waals surface area contributed by atoms with Gasteiger partial charge in [-0.1, -0.05) is 12.1 Å². The van der Waals surface area contributed by atoms with Gasteiger partial charge in [0, 0.05) is 26.2 Å². The summed E-state index contributed by atoms with van der Waals surface area (Å²) in [6.07, 6.45) is 4.39. The molecule has 2 amide bonds. The number of ether oxygens (including phenoxy) is 2. The van der Waals surface area contributed by atoms with Gasteiger partial charge in [0.05, 0.1) is 24.0 Å². The van der Waals surface area contributed by atoms with Gasteiger partial charge in [-0.25, -0.2) is 0 Å². The Morgan fingerprint density at radius 3 is 2.63 bits per heavy atom. The maximum atomic E-state index is 12.8. The summed E-state index contributed by atoms with van der Waals surface area (Å²) in [5.41, 5.74) is 2.37. The van der Waals surface area contributed by atoms with Crippen molar-refractivity contribution in [2.45, 2.75) is 32.3 Å². The van der Waals surface area contributed by atoms with E-state index < -0.39 is 0 Å². The highest BCUT2D eigenvalue weighted by Gasteiger charge is 2.42. The molecular formula is C23H28N2O5. The summed E-state index contributed by atoms with van der Waals surface area (Å²) < 4.78 is 16.9. The van der Waals surface area contributed by atoms with Gasteiger partial charge < -0.3 is 23.7 Å². The van der Waals surface area contributed by atoms with Gasteiger partial charge in [-0.3, -0.25) is 9.59 Å². The third kappa shape index (κ3) is 4.21. The Morgan fingerprint density at radius 2 is 1.90 bits per heavy atom. The molecule has 1 aromatic carbocycles. The molecule has 0 saturated carbocycles. The van der Waals surface area contributed by atoms with E-state index in [0.29, 0.717) is 51.2 Å². The lowest BCUT2D eigenvalue weighted by atomic mass is 9.89. The molecule has 4 rings (SSSR count). The molecule has 2 aliphatic rings. The molecule has 2 aliphatic heterocycles. The zero-order valence-corrected chi connectivity index (χ0v) is 17.6. The molecule has 160 valence electrons. The van der Waals surface area contributed by atoms with Crippen LogP contribution in [-0.2, 0) is 9.53 Å². The van der Waals surface area contributed by atoms with Crippen LogP contribution in [0.4, 0.5) is 0 Å². The highest BCUT2D eigenvalue weighted by Crippen LogP contribution is 2.31. The maximum absolute atomic E-state index is 12.8. The molecule has 0 bridgehead atoms. The molecule has 0 aliphatic carbocycles. The monoisotopic (exact) mass is 412 g/mol. The molecule has 2 fully saturated rings. The first-order chi connectivity index (χ1) is 14.5. The van der Waals surface area contributed by atoms with Gasteiger partial charge in [-0.05, 0) is 49.9 Å². The summed E-state index contributed by atoms with van der Waals surface area (Å²) >= 11 is 0. The molecule has 0 unspecified atom stereocenters. The summed E-state index contributed by atoms with van der Waals surface area (Å²) in [4.78, 5) is 29.0. The second-order valence-corrected chi connectivity index (χ2v) is 8.14. The van der Waals surface area contributed by atoms with Crippen molar-refractivity contribution in [1.82, 2.24) is 9.80 Å². The fourth-order valence-electron chi connectivity index (χ4n) is 4.16. The zero-order chi connectivity index (χ0) is 21.1. The van der Waals surface area contributed by atoms with Crippen LogP contribution in [-0.4, -0.2) is 66.6 Å². The SMILES string of the molecule is Cc1cccc(OCC(=O)N2CCOC3(CCN(C(=O)c4ccoc4)CC3)C2)c1C. The Labute approximate surface area is 176 Å². The fraction of sp³-hybridized carbons (Fsp3) is 0.478. The van der Waals surface area contributed by atoms with E-state index in [1.807, 2.05) is 41.8 Å². The van der Waals surface area contributed by atoms with E-state index >= 15 is 0 Å². The van der Waals surface area contributed by atoms with Crippen LogP contribution in [0.3, 0.4) is 0 Å². The second-order valence-electron chi connectivity index (χ2n) is 8.14. The number of carbonyl (C=O) groups is 2. The summed E-state index contributed by atoms with van der Waals surface area (Å²) in [7, 11) is 0. The van der Waals surface area contributed by atoms with Gasteiger partial charge in [0.25, 0.3) is 11.8 Å². The molecule has 0 radical (unpaired) electrons. The molecule has 3 heterocycles. The van der Waals surface area contributed by atoms with Gasteiger partial charge in [-0.15, -0.1) is 0 Å². The highest BCUT2D eigenvalue weighted by atomic mass is 16.5. The number of hydrogen-bond acceptors (Lipinski definition) is 5. The first kappa shape index (κ1) is 20.5. The minimum absolute atomic E-state index is 0.0193. The Bertz CT molecular complexity index is 900. The number of nitrogens with zero attached hydrogens (tertiary/aromatic N) is 2. The minimum atomic E-state index is -0.389. The quantitative estimate of drug-likeness (QED) is 0.772. The van der Waals surface area contributed by atoms with Crippen molar-refractivity contribution in [3.05, 3.63) is 53.5 Å². The largest absolute Gasteiger partial charge is 0.483 e. The number of benzene rings is 1. The van der Waals surface area contributed by atoms with E-state index in [1.54, 1.807) is 6.07 Å². The molecule has 7 heteroatoms. The van der Waals surface area contributed by atoms with Crippen molar-refractivity contribution in [2.75, 3.05) is 39.4 Å². The van der Waals surface area contributed by atoms with Crippen LogP contribution in [0, 0.1) is 13.8 Å². The first-order valence-corrected chi connectivity index (χ1v) is 10.4. The van der Waals surface area contributed by atoms with Crippen molar-refractivity contribution in [3.8, 4) is 5.75 Å². The van der Waals surface area contributed by atoms with Crippen LogP contribution in [0.5, 0.6) is 5.75 Å². The lowest BCUT2D eigenvalue weighted by Crippen LogP contribution is -2.59. The minimum Gasteiger partial charge on any atom is -0.483 e. The summed E-state index contributed by atoms with van der Waals surface area (Å²) in [5.74, 6) is 0.692. The van der Waals surface area contributed by atoms with E-state index in [2.05, 4.69) is 0 Å². The van der Waals surface area contributed by atoms with Gasteiger partial charge in [0.1, 0.15) is 12.0 Å². The molecule has 2 aromatic rings. The molecule has 2 saturated heterocycles. The second kappa shape index (κ2) is 8.52. The fourth-order valence-corrected chi connectivity index (χ4v) is 4.16. The van der Waals surface area contributed by atoms with Gasteiger partial charge in [0.2, 0.25) is 0 Å². The molecule has 1 aromatic heterocycles. The summed E-state index contributed by atoms with van der Waals surface area (Å²) in [6, 6.07) is 7.53. The number of furan rings is 1. The molecule has 7 nitrogen and oxygen atoms in total. The zero-order valence-electron chi connectivity index (χ0n) is 17.6. The van der Waals surface area contributed by atoms with Crippen molar-refractivity contribution < 1.29 is 23.5 Å². The number of amides is 2. The lowest BCUT2D eigenvalue weighted by Gasteiger charge is -2.47. The van der Waals surface area contributed by atoms with E-state index in [1.165, 1.54) is 12.5 Å². The average molecular weight is 412 g/mol. The number of likely N-dealkylation sites (tertiary alicyclic amines) is 1. The van der Waals surface area contributed by atoms with Crippen LogP contribution < -0.4 is 4.74 Å². The lowest BCUT2D eigenvalue weighted by molar-refractivity contribution is -0.159. The molecule has 30 heavy (non-hydrogen) atoms. The van der Waals surface area contributed by atoms with Crippen LogP contribution in [0.1, 0.15) is 34.3 Å². The predicted octanol–water partition coefficient (Wildman–Crippen LogP) is 2.81. The molecule has 0 atom stereocenters. The topological polar surface area (TPSA) is 72.2 Å². The standard InChI is InChI=1S/C23H28N2O5/c1-17-4-3-5-20(18(17)2)29-15-21(26)25-11-13-30-23(16-25)7-9-24(10-8-23)22(27)19-6-12-28-14-19/h3-6,12,14H,7-11,13,15-16H2,1-2H3. The first-order valence-electron chi connectivity index (χ1n) is 10.4. The molecular weight excluding hydrogens is 384 g/mol. The number of morpholine rings is 1. The van der Waals surface area contributed by atoms with Crippen LogP contribution in [0.25, 0.3) is 0 Å². The summed E-state index contributed by atoms with van der Waals surface area (Å²) in [5, 5.41) is 0. The Morgan fingerprint density at radius 1 is 1.10 bits per heavy atom. The van der Waals surface area contributed by atoms with Gasteiger partial charge >= 0.3 is 0 Å². The van der Waals surface area contributed by atoms with E-state index in [0.717, 1.165) is 16.9 Å². The van der Waals surface area contributed by atoms with E-state index in [9.17, 15) is 9.59 Å². The summed E-state index contributed by atoms with van der Waals surface area (Å²) in [6.45, 7) is 6.85. The number of hydrogen-bond donors (Lipinski definition) is 0. The number of aryl methyl sites for hydroxylation is 1. The van der Waals surface area contributed by atoms with Crippen LogP contribution in [0.2, 0.25) is 0 Å². The smallest absolute Gasteiger partial charge is 0.260 e. The third-order valence-electron chi connectivity index (χ3n) is 6.24. The Kier molecular flexibility index (Phi) is 5.81. The van der Waals surface area contributed by atoms with Crippen LogP contribution in [0.15, 0.2) is 41.2 Å². The highest BCUT2D eigenvalue weighted by molar-refractivity contribution is 5.93. The number of piperidine rings is 1. The molecule has 0 N–H and O–H groups in total. The van der Waals surface area contributed by atoms with Gasteiger partial charge in [0.15, 0.2) is 6.61 Å². The number of rotatable bonds is 4. The van der Waals surface area contributed by atoms with E-state index in [4.69, 9.17) is 13.9 Å². The normalized spacial score (nSPS) is 18.5.